The van der Waals surface area contributed by atoms with Crippen molar-refractivity contribution in [1.29, 1.82) is 0 Å². The zero-order valence-corrected chi connectivity index (χ0v) is 11.8. The van der Waals surface area contributed by atoms with Crippen LogP contribution in [-0.2, 0) is 20.7 Å². The van der Waals surface area contributed by atoms with E-state index in [9.17, 15) is 14.0 Å². The number of hydrogen-bond donors (Lipinski definition) is 2. The van der Waals surface area contributed by atoms with Crippen LogP contribution in [-0.4, -0.2) is 36.7 Å². The number of nitrogens with one attached hydrogen (secondary N) is 1. The van der Waals surface area contributed by atoms with Gasteiger partial charge in [-0.1, -0.05) is 18.2 Å². The summed E-state index contributed by atoms with van der Waals surface area (Å²) in [5, 5.41) is 11.5. The molecule has 0 bridgehead atoms. The first-order valence-corrected chi connectivity index (χ1v) is 6.74. The first-order chi connectivity index (χ1) is 9.98. The maximum Gasteiger partial charge on any atom is 0.328 e. The smallest absolute Gasteiger partial charge is 0.328 e. The van der Waals surface area contributed by atoms with Crippen molar-refractivity contribution in [2.45, 2.75) is 25.3 Å². The molecule has 1 aliphatic rings. The van der Waals surface area contributed by atoms with Gasteiger partial charge in [0.15, 0.2) is 6.04 Å². The summed E-state index contributed by atoms with van der Waals surface area (Å²) < 4.78 is 18.5. The second-order valence-corrected chi connectivity index (χ2v) is 5.37. The molecule has 0 aliphatic heterocycles. The Morgan fingerprint density at radius 1 is 1.43 bits per heavy atom. The summed E-state index contributed by atoms with van der Waals surface area (Å²) in [5.41, 5.74) is -0.215. The van der Waals surface area contributed by atoms with E-state index in [0.717, 1.165) is 0 Å². The molecule has 1 atom stereocenters. The zero-order chi connectivity index (χ0) is 15.5. The Morgan fingerprint density at radius 3 is 2.62 bits per heavy atom. The second kappa shape index (κ2) is 6.22. The molecular formula is C15H18FNO4. The number of carboxylic acid groups (broad SMARTS) is 1. The molecule has 0 heterocycles. The van der Waals surface area contributed by atoms with Crippen LogP contribution in [0.3, 0.4) is 0 Å². The lowest BCUT2D eigenvalue weighted by molar-refractivity contribution is -0.144. The van der Waals surface area contributed by atoms with Crippen LogP contribution in [0.15, 0.2) is 24.3 Å². The fourth-order valence-corrected chi connectivity index (χ4v) is 2.29. The summed E-state index contributed by atoms with van der Waals surface area (Å²) in [6.45, 7) is -0.100. The Morgan fingerprint density at radius 2 is 2.10 bits per heavy atom. The molecule has 0 radical (unpaired) electrons. The summed E-state index contributed by atoms with van der Waals surface area (Å²) >= 11 is 0. The molecule has 2 N–H and O–H groups in total. The Hall–Kier alpha value is -1.95. The van der Waals surface area contributed by atoms with Crippen LogP contribution >= 0.6 is 0 Å². The molecule has 0 saturated heterocycles. The van der Waals surface area contributed by atoms with Crippen LogP contribution in [0.4, 0.5) is 4.39 Å². The highest BCUT2D eigenvalue weighted by Gasteiger charge is 2.50. The highest BCUT2D eigenvalue weighted by molar-refractivity contribution is 5.89. The molecule has 1 aromatic carbocycles. The molecule has 0 aromatic heterocycles. The second-order valence-electron chi connectivity index (χ2n) is 5.37. The number of carboxylic acids is 1. The minimum absolute atomic E-state index is 0.100. The van der Waals surface area contributed by atoms with Crippen molar-refractivity contribution >= 4 is 11.9 Å². The summed E-state index contributed by atoms with van der Waals surface area (Å²) in [6, 6.07) is 5.23. The van der Waals surface area contributed by atoms with Gasteiger partial charge >= 0.3 is 5.97 Å². The van der Waals surface area contributed by atoms with Gasteiger partial charge in [0.1, 0.15) is 5.82 Å². The number of carbonyl (C=O) groups is 2. The molecular weight excluding hydrogens is 277 g/mol. The van der Waals surface area contributed by atoms with Gasteiger partial charge in [-0.3, -0.25) is 4.79 Å². The minimum atomic E-state index is -1.15. The van der Waals surface area contributed by atoms with E-state index in [1.165, 1.54) is 13.2 Å². The monoisotopic (exact) mass is 295 g/mol. The SMILES string of the molecule is COCC(NC(=O)C1(Cc2ccccc2F)CC1)C(=O)O. The lowest BCUT2D eigenvalue weighted by Crippen LogP contribution is -2.47. The number of aliphatic carboxylic acids is 1. The van der Waals surface area contributed by atoms with E-state index in [2.05, 4.69) is 5.32 Å². The number of benzene rings is 1. The molecule has 114 valence electrons. The largest absolute Gasteiger partial charge is 0.480 e. The van der Waals surface area contributed by atoms with Crippen LogP contribution in [0.1, 0.15) is 18.4 Å². The average molecular weight is 295 g/mol. The molecule has 0 spiro atoms. The van der Waals surface area contributed by atoms with E-state index >= 15 is 0 Å². The predicted molar refractivity (Wildman–Crippen MR) is 73.2 cm³/mol. The zero-order valence-electron chi connectivity index (χ0n) is 11.8. The average Bonchev–Trinajstić information content (AvgIpc) is 3.22. The Bertz CT molecular complexity index is 542. The molecule has 1 saturated carbocycles. The molecule has 5 nitrogen and oxygen atoms in total. The Labute approximate surface area is 122 Å². The van der Waals surface area contributed by atoms with E-state index < -0.39 is 17.4 Å². The van der Waals surface area contributed by atoms with Crippen LogP contribution in [0.5, 0.6) is 0 Å². The third-order valence-electron chi connectivity index (χ3n) is 3.76. The number of rotatable bonds is 7. The quantitative estimate of drug-likeness (QED) is 0.796. The minimum Gasteiger partial charge on any atom is -0.480 e. The number of hydrogen-bond acceptors (Lipinski definition) is 3. The summed E-state index contributed by atoms with van der Waals surface area (Å²) in [5.74, 6) is -1.84. The van der Waals surface area contributed by atoms with Gasteiger partial charge in [-0.15, -0.1) is 0 Å². The number of carbonyl (C=O) groups excluding carboxylic acids is 1. The topological polar surface area (TPSA) is 75.6 Å². The van der Waals surface area contributed by atoms with Crippen molar-refractivity contribution in [3.8, 4) is 0 Å². The van der Waals surface area contributed by atoms with Crippen molar-refractivity contribution in [1.82, 2.24) is 5.32 Å². The Kier molecular flexibility index (Phi) is 4.57. The van der Waals surface area contributed by atoms with Gasteiger partial charge in [0.2, 0.25) is 5.91 Å². The molecule has 1 amide bonds. The van der Waals surface area contributed by atoms with E-state index in [0.29, 0.717) is 18.4 Å². The summed E-state index contributed by atoms with van der Waals surface area (Å²) in [7, 11) is 1.37. The third-order valence-corrected chi connectivity index (χ3v) is 3.76. The molecule has 1 unspecified atom stereocenters. The van der Waals surface area contributed by atoms with Gasteiger partial charge in [0, 0.05) is 7.11 Å². The fourth-order valence-electron chi connectivity index (χ4n) is 2.29. The number of ether oxygens (including phenoxy) is 1. The number of halogens is 1. The fraction of sp³-hybridized carbons (Fsp3) is 0.467. The van der Waals surface area contributed by atoms with Gasteiger partial charge in [-0.25, -0.2) is 9.18 Å². The number of amides is 1. The molecule has 1 aromatic rings. The van der Waals surface area contributed by atoms with Crippen LogP contribution < -0.4 is 5.32 Å². The first-order valence-electron chi connectivity index (χ1n) is 6.74. The van der Waals surface area contributed by atoms with Gasteiger partial charge in [-0.2, -0.15) is 0 Å². The van der Waals surface area contributed by atoms with E-state index in [1.54, 1.807) is 18.2 Å². The van der Waals surface area contributed by atoms with Gasteiger partial charge < -0.3 is 15.2 Å². The van der Waals surface area contributed by atoms with Crippen LogP contribution in [0.2, 0.25) is 0 Å². The van der Waals surface area contributed by atoms with Crippen molar-refractivity contribution < 1.29 is 23.8 Å². The number of methoxy groups -OCH3 is 1. The standard InChI is InChI=1S/C15H18FNO4/c1-21-9-12(13(18)19)17-14(20)15(6-7-15)8-10-4-2-3-5-11(10)16/h2-5,12H,6-9H2,1H3,(H,17,20)(H,18,19). The highest BCUT2D eigenvalue weighted by atomic mass is 19.1. The maximum absolute atomic E-state index is 13.7. The van der Waals surface area contributed by atoms with Crippen molar-refractivity contribution in [2.75, 3.05) is 13.7 Å². The van der Waals surface area contributed by atoms with Crippen molar-refractivity contribution in [3.05, 3.63) is 35.6 Å². The first kappa shape index (κ1) is 15.4. The lowest BCUT2D eigenvalue weighted by atomic mass is 9.95. The maximum atomic E-state index is 13.7. The van der Waals surface area contributed by atoms with Gasteiger partial charge in [0.25, 0.3) is 0 Å². The van der Waals surface area contributed by atoms with Crippen LogP contribution in [0, 0.1) is 11.2 Å². The summed E-state index contributed by atoms with van der Waals surface area (Å²) in [6.07, 6.45) is 1.55. The van der Waals surface area contributed by atoms with Crippen LogP contribution in [0.25, 0.3) is 0 Å². The van der Waals surface area contributed by atoms with E-state index in [4.69, 9.17) is 9.84 Å². The summed E-state index contributed by atoms with van der Waals surface area (Å²) in [4.78, 5) is 23.3. The van der Waals surface area contributed by atoms with Crippen molar-refractivity contribution in [2.24, 2.45) is 5.41 Å². The van der Waals surface area contributed by atoms with E-state index in [-0.39, 0.29) is 24.8 Å². The highest BCUT2D eigenvalue weighted by Crippen LogP contribution is 2.49. The van der Waals surface area contributed by atoms with Crippen molar-refractivity contribution in [3.63, 3.8) is 0 Å². The molecule has 1 fully saturated rings. The lowest BCUT2D eigenvalue weighted by Gasteiger charge is -2.19. The van der Waals surface area contributed by atoms with Gasteiger partial charge in [0.05, 0.1) is 12.0 Å². The molecule has 21 heavy (non-hydrogen) atoms. The molecule has 1 aliphatic carbocycles. The van der Waals surface area contributed by atoms with E-state index in [1.807, 2.05) is 0 Å². The normalized spacial score (nSPS) is 17.0. The predicted octanol–water partition coefficient (Wildman–Crippen LogP) is 1.36. The van der Waals surface area contributed by atoms with Gasteiger partial charge in [-0.05, 0) is 30.9 Å². The molecule has 2 rings (SSSR count). The Balaban J connectivity index is 2.04. The molecule has 6 heteroatoms. The third kappa shape index (κ3) is 3.58.